The monoisotopic (exact) mass is 909 g/mol. The molecule has 4 N–H and O–H groups in total. The van der Waals surface area contributed by atoms with Gasteiger partial charge in [-0.1, -0.05) is 67.5 Å². The Morgan fingerprint density at radius 2 is 1.52 bits per heavy atom. The number of anilines is 3. The van der Waals surface area contributed by atoms with Crippen molar-refractivity contribution < 1.29 is 24.0 Å². The molecule has 0 saturated carbocycles. The topological polar surface area (TPSA) is 176 Å². The fourth-order valence-electron chi connectivity index (χ4n) is 9.74. The van der Waals surface area contributed by atoms with Crippen LogP contribution in [0.15, 0.2) is 95.0 Å². The molecule has 66 heavy (non-hydrogen) atoms. The van der Waals surface area contributed by atoms with Gasteiger partial charge in [0.05, 0.1) is 40.0 Å². The van der Waals surface area contributed by atoms with E-state index in [9.17, 15) is 14.7 Å². The number of nitrogens with zero attached hydrogens (tertiary/aromatic N) is 7. The fraction of sp³-hybridized carbons (Fsp3) is 0.412. The third-order valence-corrected chi connectivity index (χ3v) is 14.5. The average Bonchev–Trinajstić information content (AvgIpc) is 4.13. The van der Waals surface area contributed by atoms with Crippen LogP contribution in [0.4, 0.5) is 17.3 Å². The molecule has 15 heteroatoms. The second-order valence-electron chi connectivity index (χ2n) is 18.2. The minimum atomic E-state index is -0.550. The van der Waals surface area contributed by atoms with Gasteiger partial charge in [-0.15, -0.1) is 21.5 Å². The van der Waals surface area contributed by atoms with Gasteiger partial charge in [-0.05, 0) is 105 Å². The lowest BCUT2D eigenvalue weighted by atomic mass is 9.91. The maximum Gasteiger partial charge on any atom is 0.243 e. The highest BCUT2D eigenvalue weighted by atomic mass is 32.1. The lowest BCUT2D eigenvalue weighted by Gasteiger charge is -2.37. The number of benzene rings is 3. The molecular formula is C51H59N9O5S. The van der Waals surface area contributed by atoms with E-state index >= 15 is 0 Å². The molecule has 3 fully saturated rings. The molecule has 14 nitrogen and oxygen atoms in total. The van der Waals surface area contributed by atoms with Crippen LogP contribution in [-0.4, -0.2) is 93.1 Å². The number of carbonyl (C=O) groups excluding carboxylic acids is 2. The van der Waals surface area contributed by atoms with Crippen molar-refractivity contribution in [2.75, 3.05) is 48.3 Å². The van der Waals surface area contributed by atoms with Crippen molar-refractivity contribution in [2.45, 2.75) is 96.4 Å². The van der Waals surface area contributed by atoms with Crippen LogP contribution in [0, 0.1) is 12.8 Å². The Bertz CT molecular complexity index is 2620. The van der Waals surface area contributed by atoms with Gasteiger partial charge in [-0.25, -0.2) is 4.98 Å². The van der Waals surface area contributed by atoms with Crippen LogP contribution in [0.25, 0.3) is 32.8 Å². The van der Waals surface area contributed by atoms with Crippen LogP contribution >= 0.6 is 11.3 Å². The third kappa shape index (κ3) is 9.64. The number of hydrogen-bond donors (Lipinski definition) is 3. The molecule has 9 rings (SSSR count). The number of carbonyl (C=O) groups is 2. The Kier molecular flexibility index (Phi) is 13.4. The zero-order chi connectivity index (χ0) is 45.9. The van der Waals surface area contributed by atoms with Crippen LogP contribution < -0.4 is 20.9 Å². The van der Waals surface area contributed by atoms with Gasteiger partial charge < -0.3 is 40.1 Å². The number of aromatic nitrogens is 4. The molecule has 0 radical (unpaired) electrons. The summed E-state index contributed by atoms with van der Waals surface area (Å²) in [7, 11) is 0. The third-order valence-electron chi connectivity index (χ3n) is 13.5. The second-order valence-corrected chi connectivity index (χ2v) is 19.1. The molecule has 3 aromatic heterocycles. The maximum absolute atomic E-state index is 14.3. The van der Waals surface area contributed by atoms with E-state index in [1.54, 1.807) is 28.4 Å². The SMILES string of the molecule is Cc1ncsc1-c1ccc([C@H](C)NC(=O)[C@@H]2CCCN2C(=O)C(c2cc(N3CCC(OC4CCN(c5ccc(-c6cc(-c7ccccc7O)nnc6N)cc5)CC4)CC3)no2)C(C)C)cc1. The van der Waals surface area contributed by atoms with Crippen molar-refractivity contribution in [2.24, 2.45) is 5.92 Å². The van der Waals surface area contributed by atoms with Gasteiger partial charge in [-0.2, -0.15) is 0 Å². The van der Waals surface area contributed by atoms with Gasteiger partial charge in [0.25, 0.3) is 0 Å². The highest BCUT2D eigenvalue weighted by Gasteiger charge is 2.41. The number of aryl methyl sites for hydroxylation is 1. The molecular weight excluding hydrogens is 851 g/mol. The molecule has 0 spiro atoms. The molecule has 0 bridgehead atoms. The van der Waals surface area contributed by atoms with Gasteiger partial charge >= 0.3 is 0 Å². The Morgan fingerprint density at radius 1 is 0.833 bits per heavy atom. The number of para-hydroxylation sites is 1. The summed E-state index contributed by atoms with van der Waals surface area (Å²) in [5.74, 6) is 0.930. The number of phenolic OH excluding ortho intramolecular Hbond substituents is 1. The first-order valence-electron chi connectivity index (χ1n) is 23.3. The average molecular weight is 910 g/mol. The normalized spacial score (nSPS) is 18.2. The summed E-state index contributed by atoms with van der Waals surface area (Å²) < 4.78 is 12.6. The predicted octanol–water partition coefficient (Wildman–Crippen LogP) is 8.78. The van der Waals surface area contributed by atoms with Gasteiger partial charge in [0.1, 0.15) is 17.7 Å². The van der Waals surface area contributed by atoms with Crippen LogP contribution in [-0.2, 0) is 14.3 Å². The number of likely N-dealkylation sites (tertiary alicyclic amines) is 1. The zero-order valence-corrected chi connectivity index (χ0v) is 38.9. The highest BCUT2D eigenvalue weighted by Crippen LogP contribution is 2.36. The number of nitrogen functional groups attached to an aromatic ring is 1. The van der Waals surface area contributed by atoms with Crippen molar-refractivity contribution in [3.05, 3.63) is 107 Å². The molecule has 1 unspecified atom stereocenters. The number of aromatic hydroxyl groups is 1. The van der Waals surface area contributed by atoms with Crippen LogP contribution in [0.2, 0.25) is 0 Å². The number of amides is 2. The predicted molar refractivity (Wildman–Crippen MR) is 258 cm³/mol. The van der Waals surface area contributed by atoms with E-state index in [2.05, 4.69) is 71.9 Å². The fourth-order valence-corrected chi connectivity index (χ4v) is 10.5. The van der Waals surface area contributed by atoms with Gasteiger partial charge in [0.15, 0.2) is 17.4 Å². The van der Waals surface area contributed by atoms with Gasteiger partial charge in [-0.3, -0.25) is 9.59 Å². The summed E-state index contributed by atoms with van der Waals surface area (Å²) in [5.41, 5.74) is 15.3. The van der Waals surface area contributed by atoms with E-state index < -0.39 is 12.0 Å². The molecule has 2 amide bonds. The van der Waals surface area contributed by atoms with Crippen molar-refractivity contribution in [1.82, 2.24) is 30.6 Å². The van der Waals surface area contributed by atoms with Crippen molar-refractivity contribution in [1.29, 1.82) is 0 Å². The Hall–Kier alpha value is -6.32. The molecule has 344 valence electrons. The Balaban J connectivity index is 0.745. The first-order valence-corrected chi connectivity index (χ1v) is 24.1. The number of rotatable bonds is 13. The number of ether oxygens (including phenoxy) is 1. The molecule has 6 aromatic rings. The van der Waals surface area contributed by atoms with Crippen LogP contribution in [0.3, 0.4) is 0 Å². The molecule has 6 heterocycles. The summed E-state index contributed by atoms with van der Waals surface area (Å²) in [6, 6.07) is 26.7. The quantitative estimate of drug-likeness (QED) is 0.101. The first-order chi connectivity index (χ1) is 32.0. The number of hydrogen-bond acceptors (Lipinski definition) is 13. The molecule has 3 aliphatic rings. The number of nitrogens with two attached hydrogens (primary N) is 1. The van der Waals surface area contributed by atoms with Gasteiger partial charge in [0, 0.05) is 55.6 Å². The van der Waals surface area contributed by atoms with Crippen LogP contribution in [0.5, 0.6) is 5.75 Å². The Morgan fingerprint density at radius 3 is 2.18 bits per heavy atom. The number of piperidine rings is 2. The lowest BCUT2D eigenvalue weighted by molar-refractivity contribution is -0.141. The standard InChI is InChI=1S/C51H59N9O5S/c1-31(2)47(51(63)60-23-7-9-43(60)50(62)54-32(3)34-11-13-36(14-12-34)48-33(4)53-30-66-48)45-29-46(57-65-45)59-26-21-39(22-27-59)64-38-19-24-58(25-20-38)37-17-15-35(16-18-37)41-28-42(55-56-49(41)52)40-8-5-6-10-44(40)61/h5-6,8,10-18,28-32,38-39,43,47,61H,7,9,19-27H2,1-4H3,(H2,52,56)(H,54,62)/t32-,43-,47?/m0/s1. The largest absolute Gasteiger partial charge is 0.507 e. The smallest absolute Gasteiger partial charge is 0.243 e. The van der Waals surface area contributed by atoms with Crippen molar-refractivity contribution in [3.8, 4) is 38.6 Å². The van der Waals surface area contributed by atoms with Gasteiger partial charge in [0.2, 0.25) is 11.8 Å². The second kappa shape index (κ2) is 19.6. The number of thiazole rings is 1. The molecule has 3 saturated heterocycles. The van der Waals surface area contributed by atoms with E-state index in [1.807, 2.05) is 69.6 Å². The molecule has 3 atom stereocenters. The highest BCUT2D eigenvalue weighted by molar-refractivity contribution is 7.13. The summed E-state index contributed by atoms with van der Waals surface area (Å²) in [5, 5.41) is 26.4. The van der Waals surface area contributed by atoms with E-state index in [0.29, 0.717) is 35.8 Å². The van der Waals surface area contributed by atoms with E-state index in [-0.39, 0.29) is 41.7 Å². The number of nitrogens with one attached hydrogen (secondary N) is 1. The van der Waals surface area contributed by atoms with E-state index in [4.69, 9.17) is 15.0 Å². The number of phenols is 1. The molecule has 3 aliphatic heterocycles. The lowest BCUT2D eigenvalue weighted by Crippen LogP contribution is -2.48. The van der Waals surface area contributed by atoms with E-state index in [1.165, 1.54) is 0 Å². The molecule has 3 aromatic carbocycles. The van der Waals surface area contributed by atoms with Crippen LogP contribution in [0.1, 0.15) is 88.3 Å². The summed E-state index contributed by atoms with van der Waals surface area (Å²) in [4.78, 5) is 39.9. The van der Waals surface area contributed by atoms with E-state index in [0.717, 1.165) is 103 Å². The molecule has 0 aliphatic carbocycles. The maximum atomic E-state index is 14.3. The minimum absolute atomic E-state index is 0.0539. The summed E-state index contributed by atoms with van der Waals surface area (Å²) in [6.07, 6.45) is 5.43. The minimum Gasteiger partial charge on any atom is -0.507 e. The first kappa shape index (κ1) is 44.9. The summed E-state index contributed by atoms with van der Waals surface area (Å²) in [6.45, 7) is 11.9. The van der Waals surface area contributed by atoms with Crippen molar-refractivity contribution >= 4 is 40.5 Å². The van der Waals surface area contributed by atoms with Crippen molar-refractivity contribution in [3.63, 3.8) is 0 Å². The summed E-state index contributed by atoms with van der Waals surface area (Å²) >= 11 is 1.62. The zero-order valence-electron chi connectivity index (χ0n) is 38.1. The Labute approximate surface area is 390 Å².